The third-order valence-corrected chi connectivity index (χ3v) is 5.35. The number of carbonyl (C=O) groups excluding carboxylic acids is 1. The third kappa shape index (κ3) is 3.70. The molecule has 0 saturated carbocycles. The minimum absolute atomic E-state index is 0.0687. The lowest BCUT2D eigenvalue weighted by Crippen LogP contribution is -2.37. The average molecular weight is 322 g/mol. The molecule has 1 N–H and O–H groups in total. The molecule has 1 saturated heterocycles. The summed E-state index contributed by atoms with van der Waals surface area (Å²) < 4.78 is 5.16. The van der Waals surface area contributed by atoms with E-state index in [1.54, 1.807) is 0 Å². The second kappa shape index (κ2) is 6.86. The molecule has 1 aliphatic heterocycles. The van der Waals surface area contributed by atoms with Crippen LogP contribution in [0.1, 0.15) is 0 Å². The van der Waals surface area contributed by atoms with Crippen molar-refractivity contribution in [1.82, 2.24) is 15.1 Å². The zero-order valence-corrected chi connectivity index (χ0v) is 12.8. The van der Waals surface area contributed by atoms with Crippen LogP contribution in [0.4, 0.5) is 10.5 Å². The molecule has 110 valence electrons. The molecule has 1 aromatic heterocycles. The van der Waals surface area contributed by atoms with Crippen molar-refractivity contribution in [3.05, 3.63) is 30.7 Å². The lowest BCUT2D eigenvalue weighted by molar-refractivity contribution is 0.218. The summed E-state index contributed by atoms with van der Waals surface area (Å²) in [6.45, 7) is 1.54. The van der Waals surface area contributed by atoms with Gasteiger partial charge in [-0.15, -0.1) is 10.2 Å². The number of urea groups is 1. The van der Waals surface area contributed by atoms with Gasteiger partial charge in [0.1, 0.15) is 0 Å². The summed E-state index contributed by atoms with van der Waals surface area (Å²) in [6.07, 6.45) is 1.28. The SMILES string of the molecule is O=C(Nc1cccc(-c2nnco2)c1)N1CCSSCC1. The molecule has 0 unspecified atom stereocenters. The molecule has 0 bridgehead atoms. The number of benzene rings is 1. The third-order valence-electron chi connectivity index (χ3n) is 2.98. The second-order valence-corrected chi connectivity index (χ2v) is 7.09. The number of nitrogens with zero attached hydrogens (tertiary/aromatic N) is 3. The van der Waals surface area contributed by atoms with Gasteiger partial charge >= 0.3 is 6.03 Å². The van der Waals surface area contributed by atoms with Crippen molar-refractivity contribution in [2.45, 2.75) is 0 Å². The number of hydrogen-bond donors (Lipinski definition) is 1. The standard InChI is InChI=1S/C13H14N4O2S2/c18-13(17-4-6-20-21-7-5-17)15-11-3-1-2-10(8-11)12-16-14-9-19-12/h1-3,8-9H,4-7H2,(H,15,18). The predicted octanol–water partition coefficient (Wildman–Crippen LogP) is 2.97. The van der Waals surface area contributed by atoms with Crippen molar-refractivity contribution in [2.24, 2.45) is 0 Å². The van der Waals surface area contributed by atoms with Crippen LogP contribution in [0, 0.1) is 0 Å². The van der Waals surface area contributed by atoms with Crippen molar-refractivity contribution >= 4 is 33.3 Å². The minimum Gasteiger partial charge on any atom is -0.423 e. The van der Waals surface area contributed by atoms with Gasteiger partial charge in [0.05, 0.1) is 0 Å². The lowest BCUT2D eigenvalue weighted by Gasteiger charge is -2.20. The Morgan fingerprint density at radius 1 is 1.29 bits per heavy atom. The number of aromatic nitrogens is 2. The highest BCUT2D eigenvalue weighted by atomic mass is 33.1. The largest absolute Gasteiger partial charge is 0.423 e. The highest BCUT2D eigenvalue weighted by molar-refractivity contribution is 8.76. The van der Waals surface area contributed by atoms with Crippen LogP contribution in [0.5, 0.6) is 0 Å². The number of anilines is 1. The van der Waals surface area contributed by atoms with E-state index in [0.717, 1.165) is 35.8 Å². The molecule has 1 aliphatic rings. The van der Waals surface area contributed by atoms with Gasteiger partial charge in [0.25, 0.3) is 0 Å². The molecule has 2 aromatic rings. The van der Waals surface area contributed by atoms with Gasteiger partial charge in [0.2, 0.25) is 12.3 Å². The van der Waals surface area contributed by atoms with Crippen LogP contribution in [-0.2, 0) is 0 Å². The van der Waals surface area contributed by atoms with Gasteiger partial charge < -0.3 is 14.6 Å². The van der Waals surface area contributed by atoms with E-state index in [4.69, 9.17) is 4.42 Å². The quantitative estimate of drug-likeness (QED) is 0.857. The lowest BCUT2D eigenvalue weighted by atomic mass is 10.2. The van der Waals surface area contributed by atoms with Crippen molar-refractivity contribution in [1.29, 1.82) is 0 Å². The first-order valence-electron chi connectivity index (χ1n) is 6.50. The van der Waals surface area contributed by atoms with E-state index in [-0.39, 0.29) is 6.03 Å². The molecule has 1 fully saturated rings. The van der Waals surface area contributed by atoms with Gasteiger partial charge in [-0.25, -0.2) is 4.79 Å². The Bertz CT molecular complexity index is 598. The second-order valence-electron chi connectivity index (χ2n) is 4.39. The molecule has 21 heavy (non-hydrogen) atoms. The number of amides is 2. The fourth-order valence-corrected chi connectivity index (χ4v) is 3.94. The van der Waals surface area contributed by atoms with E-state index in [1.165, 1.54) is 6.39 Å². The van der Waals surface area contributed by atoms with Crippen LogP contribution < -0.4 is 5.32 Å². The summed E-state index contributed by atoms with van der Waals surface area (Å²) >= 11 is 0. The molecular weight excluding hydrogens is 308 g/mol. The van der Waals surface area contributed by atoms with Crippen LogP contribution in [0.3, 0.4) is 0 Å². The number of carbonyl (C=O) groups is 1. The first-order valence-corrected chi connectivity index (χ1v) is 8.99. The maximum atomic E-state index is 12.3. The van der Waals surface area contributed by atoms with Crippen LogP contribution >= 0.6 is 21.6 Å². The van der Waals surface area contributed by atoms with Gasteiger partial charge in [-0.3, -0.25) is 0 Å². The van der Waals surface area contributed by atoms with Gasteiger partial charge in [-0.1, -0.05) is 27.7 Å². The number of nitrogens with one attached hydrogen (secondary N) is 1. The van der Waals surface area contributed by atoms with E-state index >= 15 is 0 Å². The van der Waals surface area contributed by atoms with E-state index in [1.807, 2.05) is 50.8 Å². The van der Waals surface area contributed by atoms with E-state index < -0.39 is 0 Å². The number of rotatable bonds is 2. The molecule has 0 radical (unpaired) electrons. The Labute approximate surface area is 130 Å². The first-order chi connectivity index (χ1) is 10.3. The molecule has 2 amide bonds. The fourth-order valence-electron chi connectivity index (χ4n) is 1.96. The van der Waals surface area contributed by atoms with E-state index in [2.05, 4.69) is 15.5 Å². The monoisotopic (exact) mass is 322 g/mol. The number of hydrogen-bond acceptors (Lipinski definition) is 6. The van der Waals surface area contributed by atoms with E-state index in [0.29, 0.717) is 5.89 Å². The summed E-state index contributed by atoms with van der Waals surface area (Å²) in [7, 11) is 3.62. The van der Waals surface area contributed by atoms with Crippen LogP contribution in [0.2, 0.25) is 0 Å². The van der Waals surface area contributed by atoms with Gasteiger partial charge in [0, 0.05) is 35.8 Å². The average Bonchev–Trinajstić information content (AvgIpc) is 2.90. The molecule has 0 atom stereocenters. The topological polar surface area (TPSA) is 71.3 Å². The van der Waals surface area contributed by atoms with Crippen molar-refractivity contribution < 1.29 is 9.21 Å². The van der Waals surface area contributed by atoms with Crippen LogP contribution in [0.15, 0.2) is 35.1 Å². The maximum Gasteiger partial charge on any atom is 0.321 e. The first kappa shape index (κ1) is 14.3. The van der Waals surface area contributed by atoms with Crippen molar-refractivity contribution in [3.63, 3.8) is 0 Å². The van der Waals surface area contributed by atoms with Crippen molar-refractivity contribution in [3.8, 4) is 11.5 Å². The molecular formula is C13H14N4O2S2. The molecule has 1 aromatic carbocycles. The summed E-state index contributed by atoms with van der Waals surface area (Å²) in [5.74, 6) is 2.36. The fraction of sp³-hybridized carbons (Fsp3) is 0.308. The Kier molecular flexibility index (Phi) is 4.66. The Morgan fingerprint density at radius 3 is 2.81 bits per heavy atom. The van der Waals surface area contributed by atoms with Crippen LogP contribution in [0.25, 0.3) is 11.5 Å². The Balaban J connectivity index is 1.69. The smallest absolute Gasteiger partial charge is 0.321 e. The Morgan fingerprint density at radius 2 is 2.10 bits per heavy atom. The molecule has 8 heteroatoms. The zero-order valence-electron chi connectivity index (χ0n) is 11.2. The maximum absolute atomic E-state index is 12.3. The normalized spacial score (nSPS) is 15.5. The summed E-state index contributed by atoms with van der Waals surface area (Å²) in [5, 5.41) is 10.4. The Hall–Kier alpha value is -1.67. The van der Waals surface area contributed by atoms with E-state index in [9.17, 15) is 4.79 Å². The van der Waals surface area contributed by atoms with Gasteiger partial charge in [-0.05, 0) is 18.2 Å². The zero-order chi connectivity index (χ0) is 14.5. The van der Waals surface area contributed by atoms with Gasteiger partial charge in [0.15, 0.2) is 0 Å². The molecule has 0 spiro atoms. The molecule has 6 nitrogen and oxygen atoms in total. The highest BCUT2D eigenvalue weighted by Crippen LogP contribution is 2.24. The molecule has 0 aliphatic carbocycles. The summed E-state index contributed by atoms with van der Waals surface area (Å²) in [6, 6.07) is 7.32. The molecule has 3 rings (SSSR count). The summed E-state index contributed by atoms with van der Waals surface area (Å²) in [4.78, 5) is 14.1. The van der Waals surface area contributed by atoms with Gasteiger partial charge in [-0.2, -0.15) is 0 Å². The molecule has 2 heterocycles. The predicted molar refractivity (Wildman–Crippen MR) is 85.2 cm³/mol. The highest BCUT2D eigenvalue weighted by Gasteiger charge is 2.16. The van der Waals surface area contributed by atoms with Crippen molar-refractivity contribution in [2.75, 3.05) is 29.9 Å². The van der Waals surface area contributed by atoms with Crippen LogP contribution in [-0.4, -0.2) is 45.7 Å². The summed E-state index contributed by atoms with van der Waals surface area (Å²) in [5.41, 5.74) is 1.51. The minimum atomic E-state index is -0.0687.